The summed E-state index contributed by atoms with van der Waals surface area (Å²) in [6.45, 7) is 10.4. The molecule has 3 aliphatic heterocycles. The van der Waals surface area contributed by atoms with Gasteiger partial charge in [-0.15, -0.1) is 0 Å². The number of nitrogens with one attached hydrogen (secondary N) is 2. The van der Waals surface area contributed by atoms with Crippen molar-refractivity contribution in [1.29, 1.82) is 0 Å². The van der Waals surface area contributed by atoms with Crippen LogP contribution in [-0.4, -0.2) is 79.0 Å². The van der Waals surface area contributed by atoms with Crippen LogP contribution in [0.25, 0.3) is 11.4 Å². The lowest BCUT2D eigenvalue weighted by atomic mass is 10.0. The third-order valence-electron chi connectivity index (χ3n) is 6.87. The average Bonchev–Trinajstić information content (AvgIpc) is 3.39. The van der Waals surface area contributed by atoms with Crippen molar-refractivity contribution in [3.8, 4) is 11.4 Å². The van der Waals surface area contributed by atoms with E-state index in [0.29, 0.717) is 25.8 Å². The van der Waals surface area contributed by atoms with E-state index in [1.807, 2.05) is 31.2 Å². The number of hydrogen-bond donors (Lipinski definition) is 2. The summed E-state index contributed by atoms with van der Waals surface area (Å²) in [4.78, 5) is 26.9. The number of rotatable bonds is 5. The van der Waals surface area contributed by atoms with Crippen molar-refractivity contribution in [2.45, 2.75) is 45.3 Å². The first kappa shape index (κ1) is 23.0. The van der Waals surface area contributed by atoms with E-state index >= 15 is 0 Å². The molecule has 2 N–H and O–H groups in total. The third kappa shape index (κ3) is 4.87. The molecule has 2 amide bonds. The van der Waals surface area contributed by atoms with Crippen molar-refractivity contribution in [3.63, 3.8) is 0 Å². The second-order valence-corrected chi connectivity index (χ2v) is 9.21. The molecule has 0 bridgehead atoms. The summed E-state index contributed by atoms with van der Waals surface area (Å²) in [5, 5.41) is 5.59. The van der Waals surface area contributed by atoms with Crippen molar-refractivity contribution in [3.05, 3.63) is 35.5 Å². The zero-order valence-corrected chi connectivity index (χ0v) is 20.0. The molecular formula is C25H34N6O3. The number of amides is 2. The molecule has 5 rings (SSSR count). The summed E-state index contributed by atoms with van der Waals surface area (Å²) in [6, 6.07) is 8.27. The van der Waals surface area contributed by atoms with Gasteiger partial charge in [0, 0.05) is 55.6 Å². The number of morpholine rings is 1. The van der Waals surface area contributed by atoms with Crippen LogP contribution < -0.4 is 15.5 Å². The van der Waals surface area contributed by atoms with Gasteiger partial charge in [-0.05, 0) is 51.0 Å². The fourth-order valence-electron chi connectivity index (χ4n) is 5.00. The number of ether oxygens (including phenoxy) is 2. The Morgan fingerprint density at radius 2 is 1.94 bits per heavy atom. The molecule has 182 valence electrons. The fraction of sp³-hybridized carbons (Fsp3) is 0.560. The summed E-state index contributed by atoms with van der Waals surface area (Å²) >= 11 is 0. The number of urea groups is 1. The summed E-state index contributed by atoms with van der Waals surface area (Å²) in [6.07, 6.45) is 2.03. The lowest BCUT2D eigenvalue weighted by Gasteiger charge is -2.38. The number of anilines is 2. The monoisotopic (exact) mass is 466 g/mol. The van der Waals surface area contributed by atoms with Gasteiger partial charge in [0.05, 0.1) is 31.6 Å². The number of carbonyl (C=O) groups excluding carboxylic acids is 1. The van der Waals surface area contributed by atoms with Gasteiger partial charge in [0.25, 0.3) is 0 Å². The number of benzene rings is 1. The highest BCUT2D eigenvalue weighted by atomic mass is 16.5. The van der Waals surface area contributed by atoms with Gasteiger partial charge in [0.2, 0.25) is 0 Å². The molecule has 34 heavy (non-hydrogen) atoms. The Hall–Kier alpha value is -2.75. The Morgan fingerprint density at radius 3 is 2.68 bits per heavy atom. The van der Waals surface area contributed by atoms with Crippen LogP contribution in [0.4, 0.5) is 16.3 Å². The molecule has 3 aliphatic rings. The van der Waals surface area contributed by atoms with E-state index in [2.05, 4.69) is 27.4 Å². The number of hydrogen-bond acceptors (Lipinski definition) is 7. The normalized spacial score (nSPS) is 22.9. The molecule has 2 fully saturated rings. The maximum Gasteiger partial charge on any atom is 0.319 e. The maximum absolute atomic E-state index is 11.8. The molecule has 1 aromatic carbocycles. The SMILES string of the molecule is CCNC(=O)Nc1ccc(-c2nc3c(c(N4CCOC[C@@H]4C)n2)CCN(C2CCOC2)C3)cc1. The number of aromatic nitrogens is 2. The van der Waals surface area contributed by atoms with Crippen molar-refractivity contribution >= 4 is 17.5 Å². The Balaban J connectivity index is 1.46. The molecule has 9 nitrogen and oxygen atoms in total. The van der Waals surface area contributed by atoms with Gasteiger partial charge in [-0.25, -0.2) is 14.8 Å². The van der Waals surface area contributed by atoms with Crippen LogP contribution in [0.2, 0.25) is 0 Å². The zero-order chi connectivity index (χ0) is 23.5. The fourth-order valence-corrected chi connectivity index (χ4v) is 5.00. The minimum Gasteiger partial charge on any atom is -0.380 e. The van der Waals surface area contributed by atoms with Crippen LogP contribution in [0.5, 0.6) is 0 Å². The van der Waals surface area contributed by atoms with Crippen LogP contribution >= 0.6 is 0 Å². The van der Waals surface area contributed by atoms with Crippen molar-refractivity contribution in [1.82, 2.24) is 20.2 Å². The Labute approximate surface area is 200 Å². The first-order chi connectivity index (χ1) is 16.6. The quantitative estimate of drug-likeness (QED) is 0.700. The van der Waals surface area contributed by atoms with Crippen LogP contribution in [-0.2, 0) is 22.4 Å². The first-order valence-electron chi connectivity index (χ1n) is 12.3. The van der Waals surface area contributed by atoms with Crippen LogP contribution in [0.3, 0.4) is 0 Å². The lowest BCUT2D eigenvalue weighted by Crippen LogP contribution is -2.46. The summed E-state index contributed by atoms with van der Waals surface area (Å²) < 4.78 is 11.3. The summed E-state index contributed by atoms with van der Waals surface area (Å²) in [5.41, 5.74) is 4.05. The molecular weight excluding hydrogens is 432 g/mol. The highest BCUT2D eigenvalue weighted by Gasteiger charge is 2.32. The van der Waals surface area contributed by atoms with Gasteiger partial charge in [-0.3, -0.25) is 4.90 Å². The number of fused-ring (bicyclic) bond motifs is 1. The minimum absolute atomic E-state index is 0.208. The van der Waals surface area contributed by atoms with Crippen LogP contribution in [0.15, 0.2) is 24.3 Å². The standard InChI is InChI=1S/C25H34N6O3/c1-3-26-25(32)27-19-6-4-18(5-7-19)23-28-22-14-30(20-9-12-33-16-20)10-8-21(22)24(29-23)31-11-13-34-15-17(31)2/h4-7,17,20H,3,8-16H2,1-2H3,(H2,26,27,32)/t17-,20?/m0/s1. The highest BCUT2D eigenvalue weighted by Crippen LogP contribution is 2.33. The van der Waals surface area contributed by atoms with E-state index < -0.39 is 0 Å². The Kier molecular flexibility index (Phi) is 6.94. The van der Waals surface area contributed by atoms with E-state index in [4.69, 9.17) is 19.4 Å². The molecule has 0 spiro atoms. The largest absolute Gasteiger partial charge is 0.380 e. The molecule has 0 saturated carbocycles. The van der Waals surface area contributed by atoms with Crippen LogP contribution in [0.1, 0.15) is 31.5 Å². The second-order valence-electron chi connectivity index (χ2n) is 9.21. The average molecular weight is 467 g/mol. The molecule has 9 heteroatoms. The zero-order valence-electron chi connectivity index (χ0n) is 20.0. The molecule has 1 aromatic heterocycles. The number of nitrogens with zero attached hydrogens (tertiary/aromatic N) is 4. The van der Waals surface area contributed by atoms with Gasteiger partial charge in [-0.2, -0.15) is 0 Å². The first-order valence-corrected chi connectivity index (χ1v) is 12.3. The van der Waals surface area contributed by atoms with Gasteiger partial charge in [-0.1, -0.05) is 0 Å². The Bertz CT molecular complexity index is 1010. The van der Waals surface area contributed by atoms with Gasteiger partial charge in [0.15, 0.2) is 5.82 Å². The minimum atomic E-state index is -0.208. The second kappa shape index (κ2) is 10.2. The molecule has 2 atom stereocenters. The van der Waals surface area contributed by atoms with E-state index in [1.54, 1.807) is 0 Å². The highest BCUT2D eigenvalue weighted by molar-refractivity contribution is 5.89. The lowest BCUT2D eigenvalue weighted by molar-refractivity contribution is 0.0981. The Morgan fingerprint density at radius 1 is 1.12 bits per heavy atom. The van der Waals surface area contributed by atoms with Crippen molar-refractivity contribution in [2.24, 2.45) is 0 Å². The van der Waals surface area contributed by atoms with E-state index in [0.717, 1.165) is 74.3 Å². The predicted octanol–water partition coefficient (Wildman–Crippen LogP) is 2.66. The molecule has 0 radical (unpaired) electrons. The molecule has 2 aromatic rings. The van der Waals surface area contributed by atoms with Gasteiger partial charge < -0.3 is 25.0 Å². The smallest absolute Gasteiger partial charge is 0.319 e. The molecule has 2 saturated heterocycles. The predicted molar refractivity (Wildman–Crippen MR) is 131 cm³/mol. The summed E-state index contributed by atoms with van der Waals surface area (Å²) in [7, 11) is 0. The van der Waals surface area contributed by atoms with Gasteiger partial charge in [0.1, 0.15) is 5.82 Å². The van der Waals surface area contributed by atoms with Crippen molar-refractivity contribution < 1.29 is 14.3 Å². The van der Waals surface area contributed by atoms with E-state index in [-0.39, 0.29) is 12.1 Å². The topological polar surface area (TPSA) is 91.9 Å². The number of carbonyl (C=O) groups is 1. The third-order valence-corrected chi connectivity index (χ3v) is 6.87. The van der Waals surface area contributed by atoms with Crippen molar-refractivity contribution in [2.75, 3.05) is 56.3 Å². The maximum atomic E-state index is 11.8. The molecule has 0 aliphatic carbocycles. The molecule has 1 unspecified atom stereocenters. The van der Waals surface area contributed by atoms with Crippen LogP contribution in [0, 0.1) is 0 Å². The summed E-state index contributed by atoms with van der Waals surface area (Å²) in [5.74, 6) is 1.77. The molecule has 4 heterocycles. The van der Waals surface area contributed by atoms with E-state index in [1.165, 1.54) is 5.56 Å². The van der Waals surface area contributed by atoms with Gasteiger partial charge >= 0.3 is 6.03 Å². The van der Waals surface area contributed by atoms with E-state index in [9.17, 15) is 4.79 Å².